The highest BCUT2D eigenvalue weighted by molar-refractivity contribution is 5.41. The molecule has 1 unspecified atom stereocenters. The highest BCUT2D eigenvalue weighted by Gasteiger charge is 2.32. The Labute approximate surface area is 132 Å². The number of halogens is 3. The van der Waals surface area contributed by atoms with Gasteiger partial charge in [0.25, 0.3) is 0 Å². The molecule has 120 valence electrons. The maximum absolute atomic E-state index is 12.7. The first kappa shape index (κ1) is 14.7. The van der Waals surface area contributed by atoms with E-state index in [4.69, 9.17) is 9.72 Å². The lowest BCUT2D eigenvalue weighted by Gasteiger charge is -2.18. The summed E-state index contributed by atoms with van der Waals surface area (Å²) in [5.41, 5.74) is 4.46. The monoisotopic (exact) mass is 319 g/mol. The number of hydrogen-bond donors (Lipinski definition) is 0. The summed E-state index contributed by atoms with van der Waals surface area (Å²) in [5, 5.41) is 0. The first-order valence-corrected chi connectivity index (χ1v) is 7.83. The van der Waals surface area contributed by atoms with Gasteiger partial charge >= 0.3 is 6.18 Å². The van der Waals surface area contributed by atoms with Crippen LogP contribution < -0.4 is 0 Å². The van der Waals surface area contributed by atoms with E-state index >= 15 is 0 Å². The zero-order chi connectivity index (χ0) is 16.0. The molecule has 0 amide bonds. The second-order valence-electron chi connectivity index (χ2n) is 6.15. The summed E-state index contributed by atoms with van der Waals surface area (Å²) in [7, 11) is 0. The maximum Gasteiger partial charge on any atom is 0.416 e. The Hall–Kier alpha value is -1.88. The van der Waals surface area contributed by atoms with Gasteiger partial charge in [0.05, 0.1) is 17.9 Å². The number of ether oxygens (including phenoxy) is 1. The van der Waals surface area contributed by atoms with Crippen molar-refractivity contribution in [3.63, 3.8) is 0 Å². The number of aromatic nitrogens is 1. The lowest BCUT2D eigenvalue weighted by molar-refractivity contribution is -0.137. The number of alkyl halides is 3. The average Bonchev–Trinajstić information content (AvgIpc) is 2.94. The van der Waals surface area contributed by atoms with E-state index in [1.165, 1.54) is 30.5 Å². The standard InChI is InChI=1S/C18H16F3NO/c19-18(20,21)13-7-5-11(6-8-13)17-14-9-12-3-1-2-4-15(12)22-16(14)10-23-17/h5-9,17H,1-4,10H2. The van der Waals surface area contributed by atoms with E-state index in [0.29, 0.717) is 6.61 Å². The molecular formula is C18H16F3NO. The third-order valence-electron chi connectivity index (χ3n) is 4.62. The van der Waals surface area contributed by atoms with Crippen molar-refractivity contribution in [2.45, 2.75) is 44.6 Å². The van der Waals surface area contributed by atoms with Gasteiger partial charge in [0, 0.05) is 11.3 Å². The molecule has 2 heterocycles. The number of pyridine rings is 1. The van der Waals surface area contributed by atoms with Gasteiger partial charge in [-0.15, -0.1) is 0 Å². The first-order chi connectivity index (χ1) is 11.0. The molecule has 2 aliphatic rings. The van der Waals surface area contributed by atoms with Gasteiger partial charge in [0.2, 0.25) is 0 Å². The van der Waals surface area contributed by atoms with Crippen molar-refractivity contribution in [1.29, 1.82) is 0 Å². The molecule has 1 atom stereocenters. The Morgan fingerprint density at radius 2 is 1.74 bits per heavy atom. The topological polar surface area (TPSA) is 22.1 Å². The van der Waals surface area contributed by atoms with Gasteiger partial charge in [-0.05, 0) is 55.0 Å². The van der Waals surface area contributed by atoms with Crippen LogP contribution in [-0.2, 0) is 30.4 Å². The van der Waals surface area contributed by atoms with E-state index in [9.17, 15) is 13.2 Å². The molecule has 2 nitrogen and oxygen atoms in total. The van der Waals surface area contributed by atoms with Crippen molar-refractivity contribution in [3.05, 3.63) is 64.0 Å². The summed E-state index contributed by atoms with van der Waals surface area (Å²) in [6, 6.07) is 7.38. The molecule has 0 N–H and O–H groups in total. The molecule has 2 aromatic rings. The van der Waals surface area contributed by atoms with Gasteiger partial charge in [-0.1, -0.05) is 12.1 Å². The summed E-state index contributed by atoms with van der Waals surface area (Å²) < 4.78 is 43.9. The van der Waals surface area contributed by atoms with Crippen molar-refractivity contribution < 1.29 is 17.9 Å². The van der Waals surface area contributed by atoms with E-state index in [1.54, 1.807) is 0 Å². The van der Waals surface area contributed by atoms with Crippen molar-refractivity contribution in [2.24, 2.45) is 0 Å². The van der Waals surface area contributed by atoms with E-state index in [1.807, 2.05) is 0 Å². The molecule has 0 saturated heterocycles. The number of rotatable bonds is 1. The number of fused-ring (bicyclic) bond motifs is 2. The molecule has 5 heteroatoms. The van der Waals surface area contributed by atoms with Crippen molar-refractivity contribution in [2.75, 3.05) is 0 Å². The fourth-order valence-corrected chi connectivity index (χ4v) is 3.41. The minimum absolute atomic E-state index is 0.313. The smallest absolute Gasteiger partial charge is 0.362 e. The van der Waals surface area contributed by atoms with Crippen LogP contribution in [0.5, 0.6) is 0 Å². The molecule has 0 saturated carbocycles. The lowest BCUT2D eigenvalue weighted by atomic mass is 9.92. The number of aryl methyl sites for hydroxylation is 2. The Morgan fingerprint density at radius 3 is 2.48 bits per heavy atom. The van der Waals surface area contributed by atoms with Gasteiger partial charge in [-0.25, -0.2) is 0 Å². The predicted octanol–water partition coefficient (Wildman–Crippen LogP) is 4.60. The molecule has 0 fully saturated rings. The quantitative estimate of drug-likeness (QED) is 0.766. The Balaban J connectivity index is 1.68. The fraction of sp³-hybridized carbons (Fsp3) is 0.389. The molecule has 0 radical (unpaired) electrons. The minimum atomic E-state index is -4.31. The molecule has 4 rings (SSSR count). The van der Waals surface area contributed by atoms with Gasteiger partial charge in [-0.3, -0.25) is 4.98 Å². The van der Waals surface area contributed by atoms with Gasteiger partial charge in [0.15, 0.2) is 0 Å². The summed E-state index contributed by atoms with van der Waals surface area (Å²) in [6.45, 7) is 0.425. The predicted molar refractivity (Wildman–Crippen MR) is 79.0 cm³/mol. The Kier molecular flexibility index (Phi) is 3.41. The van der Waals surface area contributed by atoms with Crippen LogP contribution in [0.3, 0.4) is 0 Å². The summed E-state index contributed by atoms with van der Waals surface area (Å²) in [4.78, 5) is 4.72. The zero-order valence-electron chi connectivity index (χ0n) is 12.5. The van der Waals surface area contributed by atoms with Crippen molar-refractivity contribution in [3.8, 4) is 0 Å². The van der Waals surface area contributed by atoms with Crippen LogP contribution in [0.15, 0.2) is 30.3 Å². The van der Waals surface area contributed by atoms with Crippen molar-refractivity contribution >= 4 is 0 Å². The van der Waals surface area contributed by atoms with E-state index < -0.39 is 11.7 Å². The normalized spacial score (nSPS) is 20.2. The molecule has 1 aromatic carbocycles. The van der Waals surface area contributed by atoms with Gasteiger partial charge < -0.3 is 4.74 Å². The van der Waals surface area contributed by atoms with Crippen molar-refractivity contribution in [1.82, 2.24) is 4.98 Å². The summed E-state index contributed by atoms with van der Waals surface area (Å²) in [6.07, 6.45) is -0.260. The van der Waals surface area contributed by atoms with Crippen LogP contribution in [0.1, 0.15) is 52.6 Å². The molecule has 1 aliphatic heterocycles. The largest absolute Gasteiger partial charge is 0.416 e. The van der Waals surface area contributed by atoms with Crippen LogP contribution in [0.25, 0.3) is 0 Å². The second-order valence-corrected chi connectivity index (χ2v) is 6.15. The third kappa shape index (κ3) is 2.63. The van der Waals surface area contributed by atoms with E-state index in [-0.39, 0.29) is 6.10 Å². The number of benzene rings is 1. The van der Waals surface area contributed by atoms with Gasteiger partial charge in [-0.2, -0.15) is 13.2 Å². The highest BCUT2D eigenvalue weighted by atomic mass is 19.4. The summed E-state index contributed by atoms with van der Waals surface area (Å²) >= 11 is 0. The fourth-order valence-electron chi connectivity index (χ4n) is 3.41. The van der Waals surface area contributed by atoms with Crippen LogP contribution in [0.4, 0.5) is 13.2 Å². The molecule has 1 aromatic heterocycles. The number of hydrogen-bond acceptors (Lipinski definition) is 2. The maximum atomic E-state index is 12.7. The number of nitrogens with zero attached hydrogens (tertiary/aromatic N) is 1. The summed E-state index contributed by atoms with van der Waals surface area (Å²) in [5.74, 6) is 0. The second kappa shape index (κ2) is 5.34. The lowest BCUT2D eigenvalue weighted by Crippen LogP contribution is -2.09. The Morgan fingerprint density at radius 1 is 1.00 bits per heavy atom. The zero-order valence-corrected chi connectivity index (χ0v) is 12.5. The third-order valence-corrected chi connectivity index (χ3v) is 4.62. The SMILES string of the molecule is FC(F)(F)c1ccc(C2OCc3nc4c(cc32)CCCC4)cc1. The Bertz CT molecular complexity index is 737. The molecule has 0 bridgehead atoms. The van der Waals surface area contributed by atoms with Crippen LogP contribution >= 0.6 is 0 Å². The van der Waals surface area contributed by atoms with E-state index in [2.05, 4.69) is 6.07 Å². The molecule has 1 aliphatic carbocycles. The average molecular weight is 319 g/mol. The van der Waals surface area contributed by atoms with Gasteiger partial charge in [0.1, 0.15) is 6.10 Å². The first-order valence-electron chi connectivity index (χ1n) is 7.83. The van der Waals surface area contributed by atoms with Crippen LogP contribution in [0.2, 0.25) is 0 Å². The van der Waals surface area contributed by atoms with Crippen LogP contribution in [-0.4, -0.2) is 4.98 Å². The van der Waals surface area contributed by atoms with E-state index in [0.717, 1.165) is 47.5 Å². The molecular weight excluding hydrogens is 303 g/mol. The highest BCUT2D eigenvalue weighted by Crippen LogP contribution is 2.38. The molecule has 0 spiro atoms. The minimum Gasteiger partial charge on any atom is -0.362 e. The van der Waals surface area contributed by atoms with Crippen LogP contribution in [0, 0.1) is 0 Å². The molecule has 23 heavy (non-hydrogen) atoms.